The van der Waals surface area contributed by atoms with Gasteiger partial charge in [0.25, 0.3) is 0 Å². The number of aromatic hydroxyl groups is 2. The number of hydrogen-bond acceptors (Lipinski definition) is 5. The maximum absolute atomic E-state index is 11.8. The van der Waals surface area contributed by atoms with Crippen molar-refractivity contribution >= 4 is 11.9 Å². The predicted molar refractivity (Wildman–Crippen MR) is 128 cm³/mol. The monoisotopic (exact) mass is 436 g/mol. The van der Waals surface area contributed by atoms with Crippen molar-refractivity contribution in [1.82, 2.24) is 0 Å². The van der Waals surface area contributed by atoms with Crippen molar-refractivity contribution in [2.24, 2.45) is 0 Å². The Bertz CT molecular complexity index is 1010. The van der Waals surface area contributed by atoms with E-state index in [1.54, 1.807) is 69.5 Å². The topological polar surface area (TPSA) is 87.0 Å². The Labute approximate surface area is 190 Å². The fraction of sp³-hybridized carbons (Fsp3) is 0.296. The number of aliphatic hydroxyl groups is 1. The van der Waals surface area contributed by atoms with Crippen molar-refractivity contribution in [2.75, 3.05) is 7.11 Å². The first-order valence-electron chi connectivity index (χ1n) is 10.5. The van der Waals surface area contributed by atoms with Crippen LogP contribution in [0.3, 0.4) is 0 Å². The van der Waals surface area contributed by atoms with Gasteiger partial charge in [0, 0.05) is 16.7 Å². The Morgan fingerprint density at radius 3 is 2.31 bits per heavy atom. The molecule has 0 heterocycles. The average Bonchev–Trinajstić information content (AvgIpc) is 2.74. The van der Waals surface area contributed by atoms with Gasteiger partial charge in [-0.1, -0.05) is 42.0 Å². The molecule has 0 aliphatic heterocycles. The molecule has 2 aromatic rings. The van der Waals surface area contributed by atoms with Crippen molar-refractivity contribution in [1.29, 1.82) is 0 Å². The van der Waals surface area contributed by atoms with Gasteiger partial charge in [-0.15, -0.1) is 0 Å². The van der Waals surface area contributed by atoms with Crippen LogP contribution in [0.1, 0.15) is 43.9 Å². The summed E-state index contributed by atoms with van der Waals surface area (Å²) in [6.07, 6.45) is 9.75. The summed E-state index contributed by atoms with van der Waals surface area (Å²) < 4.78 is 5.43. The molecule has 0 amide bonds. The Morgan fingerprint density at radius 1 is 1.03 bits per heavy atom. The lowest BCUT2D eigenvalue weighted by molar-refractivity contribution is -0.103. The SMILES string of the molecule is COc1ccc(C(C=O)=CCc2ccc(O)cc2)c(O)c1CC=C(C)CC=CC(C)(C)O. The van der Waals surface area contributed by atoms with Crippen LogP contribution >= 0.6 is 0 Å². The van der Waals surface area contributed by atoms with E-state index in [0.717, 1.165) is 17.4 Å². The van der Waals surface area contributed by atoms with Crippen LogP contribution in [0.2, 0.25) is 0 Å². The third-order valence-electron chi connectivity index (χ3n) is 5.01. The molecular weight excluding hydrogens is 404 g/mol. The quantitative estimate of drug-likeness (QED) is 0.273. The number of phenols is 2. The summed E-state index contributed by atoms with van der Waals surface area (Å²) in [4.78, 5) is 11.8. The van der Waals surface area contributed by atoms with E-state index in [0.29, 0.717) is 41.7 Å². The van der Waals surface area contributed by atoms with Gasteiger partial charge in [0.05, 0.1) is 12.7 Å². The second-order valence-corrected chi connectivity index (χ2v) is 8.31. The second-order valence-electron chi connectivity index (χ2n) is 8.31. The van der Waals surface area contributed by atoms with Crippen LogP contribution in [0, 0.1) is 0 Å². The zero-order valence-electron chi connectivity index (χ0n) is 19.1. The summed E-state index contributed by atoms with van der Waals surface area (Å²) in [5, 5.41) is 30.1. The van der Waals surface area contributed by atoms with E-state index in [1.165, 1.54) is 0 Å². The number of carbonyl (C=O) groups is 1. The number of carbonyl (C=O) groups excluding carboxylic acids is 1. The zero-order valence-corrected chi connectivity index (χ0v) is 19.1. The molecule has 0 bridgehead atoms. The number of phenolic OH excluding ortho intramolecular Hbond substituents is 2. The molecule has 0 saturated carbocycles. The number of allylic oxidation sites excluding steroid dienone is 5. The van der Waals surface area contributed by atoms with Gasteiger partial charge in [0.2, 0.25) is 0 Å². The molecular formula is C27H32O5. The van der Waals surface area contributed by atoms with E-state index >= 15 is 0 Å². The van der Waals surface area contributed by atoms with Crippen LogP contribution in [-0.2, 0) is 17.6 Å². The molecule has 0 saturated heterocycles. The highest BCUT2D eigenvalue weighted by molar-refractivity contribution is 6.08. The molecule has 0 radical (unpaired) electrons. The molecule has 2 rings (SSSR count). The molecule has 0 fully saturated rings. The lowest BCUT2D eigenvalue weighted by Gasteiger charge is -2.14. The van der Waals surface area contributed by atoms with Crippen molar-refractivity contribution < 1.29 is 24.9 Å². The standard InChI is InChI=1S/C27H32O5/c1-19(6-5-17-27(2,3)31)7-14-24-25(32-4)16-15-23(26(24)30)21(18-28)11-8-20-9-12-22(29)13-10-20/h5,7,9-13,15-18,29-31H,6,8,14H2,1-4H3. The molecule has 3 N–H and O–H groups in total. The van der Waals surface area contributed by atoms with Gasteiger partial charge < -0.3 is 20.1 Å². The van der Waals surface area contributed by atoms with Gasteiger partial charge in [0.15, 0.2) is 0 Å². The first-order valence-corrected chi connectivity index (χ1v) is 10.5. The normalized spacial score (nSPS) is 12.9. The van der Waals surface area contributed by atoms with E-state index in [1.807, 2.05) is 19.1 Å². The maximum Gasteiger partial charge on any atom is 0.150 e. The van der Waals surface area contributed by atoms with Crippen LogP contribution in [-0.4, -0.2) is 34.3 Å². The smallest absolute Gasteiger partial charge is 0.150 e. The summed E-state index contributed by atoms with van der Waals surface area (Å²) in [6.45, 7) is 5.42. The molecule has 0 aliphatic carbocycles. The molecule has 0 atom stereocenters. The summed E-state index contributed by atoms with van der Waals surface area (Å²) in [6, 6.07) is 10.2. The summed E-state index contributed by atoms with van der Waals surface area (Å²) >= 11 is 0. The molecule has 5 nitrogen and oxygen atoms in total. The van der Waals surface area contributed by atoms with Gasteiger partial charge in [-0.05, 0) is 69.9 Å². The highest BCUT2D eigenvalue weighted by Gasteiger charge is 2.15. The molecule has 32 heavy (non-hydrogen) atoms. The average molecular weight is 437 g/mol. The largest absolute Gasteiger partial charge is 0.508 e. The summed E-state index contributed by atoms with van der Waals surface area (Å²) in [7, 11) is 1.54. The number of aldehydes is 1. The second kappa shape index (κ2) is 11.3. The molecule has 0 aromatic heterocycles. The van der Waals surface area contributed by atoms with Crippen LogP contribution in [0.5, 0.6) is 17.2 Å². The predicted octanol–water partition coefficient (Wildman–Crippen LogP) is 5.14. The zero-order chi connectivity index (χ0) is 23.7. The maximum atomic E-state index is 11.8. The summed E-state index contributed by atoms with van der Waals surface area (Å²) in [5.74, 6) is 0.750. The van der Waals surface area contributed by atoms with Gasteiger partial charge in [-0.2, -0.15) is 0 Å². The van der Waals surface area contributed by atoms with Crippen molar-refractivity contribution in [2.45, 2.75) is 45.6 Å². The van der Waals surface area contributed by atoms with Gasteiger partial charge in [0.1, 0.15) is 23.5 Å². The molecule has 0 spiro atoms. The van der Waals surface area contributed by atoms with Crippen LogP contribution in [0.25, 0.3) is 5.57 Å². The van der Waals surface area contributed by atoms with E-state index in [4.69, 9.17) is 4.74 Å². The molecule has 2 aromatic carbocycles. The third kappa shape index (κ3) is 7.43. The number of benzene rings is 2. The van der Waals surface area contributed by atoms with E-state index in [2.05, 4.69) is 0 Å². The van der Waals surface area contributed by atoms with Crippen LogP contribution < -0.4 is 4.74 Å². The van der Waals surface area contributed by atoms with Gasteiger partial charge >= 0.3 is 0 Å². The number of rotatable bonds is 10. The first kappa shape index (κ1) is 25.0. The Balaban J connectivity index is 2.28. The minimum absolute atomic E-state index is 0.0180. The highest BCUT2D eigenvalue weighted by atomic mass is 16.5. The fourth-order valence-corrected chi connectivity index (χ4v) is 3.21. The van der Waals surface area contributed by atoms with Crippen molar-refractivity contribution in [3.8, 4) is 17.2 Å². The molecule has 0 aliphatic rings. The highest BCUT2D eigenvalue weighted by Crippen LogP contribution is 2.35. The lowest BCUT2D eigenvalue weighted by atomic mass is 9.97. The lowest BCUT2D eigenvalue weighted by Crippen LogP contribution is -2.13. The van der Waals surface area contributed by atoms with E-state index in [-0.39, 0.29) is 11.5 Å². The van der Waals surface area contributed by atoms with Gasteiger partial charge in [-0.25, -0.2) is 0 Å². The Hall–Kier alpha value is -3.31. The fourth-order valence-electron chi connectivity index (χ4n) is 3.21. The molecule has 170 valence electrons. The molecule has 0 unspecified atom stereocenters. The number of hydrogen-bond donors (Lipinski definition) is 3. The Kier molecular flexibility index (Phi) is 8.85. The minimum atomic E-state index is -0.853. The minimum Gasteiger partial charge on any atom is -0.508 e. The van der Waals surface area contributed by atoms with Crippen molar-refractivity contribution in [3.05, 3.63) is 83.0 Å². The van der Waals surface area contributed by atoms with Gasteiger partial charge in [-0.3, -0.25) is 4.79 Å². The van der Waals surface area contributed by atoms with E-state index in [9.17, 15) is 20.1 Å². The number of ether oxygens (including phenoxy) is 1. The van der Waals surface area contributed by atoms with Crippen LogP contribution in [0.4, 0.5) is 0 Å². The van der Waals surface area contributed by atoms with E-state index < -0.39 is 5.60 Å². The van der Waals surface area contributed by atoms with Crippen molar-refractivity contribution in [3.63, 3.8) is 0 Å². The first-order chi connectivity index (χ1) is 15.1. The molecule has 5 heteroatoms. The Morgan fingerprint density at radius 2 is 1.72 bits per heavy atom. The summed E-state index contributed by atoms with van der Waals surface area (Å²) in [5.41, 5.74) is 2.60. The third-order valence-corrected chi connectivity index (χ3v) is 5.01. The van der Waals surface area contributed by atoms with Crippen LogP contribution in [0.15, 0.2) is 66.3 Å². The number of methoxy groups -OCH3 is 1.